The summed E-state index contributed by atoms with van der Waals surface area (Å²) in [5.41, 5.74) is 0.894. The number of aromatic nitrogens is 2. The van der Waals surface area contributed by atoms with Gasteiger partial charge in [-0.05, 0) is 25.8 Å². The molecule has 0 saturated carbocycles. The highest BCUT2D eigenvalue weighted by molar-refractivity contribution is 5.95. The monoisotopic (exact) mass is 273 g/mol. The molecule has 2 heterocycles. The van der Waals surface area contributed by atoms with Gasteiger partial charge in [0.15, 0.2) is 0 Å². The van der Waals surface area contributed by atoms with Gasteiger partial charge in [0.25, 0.3) is 5.91 Å². The second-order valence-corrected chi connectivity index (χ2v) is 4.64. The van der Waals surface area contributed by atoms with E-state index in [9.17, 15) is 18.0 Å². The summed E-state index contributed by atoms with van der Waals surface area (Å²) in [5.74, 6) is -1.57. The third-order valence-corrected chi connectivity index (χ3v) is 3.38. The van der Waals surface area contributed by atoms with Crippen LogP contribution < -0.4 is 0 Å². The van der Waals surface area contributed by atoms with Gasteiger partial charge >= 0.3 is 6.18 Å². The zero-order valence-electron chi connectivity index (χ0n) is 10.4. The third kappa shape index (κ3) is 3.02. The molecule has 1 amide bonds. The maximum atomic E-state index is 12.5. The molecule has 0 aliphatic carbocycles. The molecule has 0 aromatic carbocycles. The van der Waals surface area contributed by atoms with E-state index in [2.05, 4.69) is 10.2 Å². The number of hydrogen-bond acceptors (Lipinski definition) is 3. The van der Waals surface area contributed by atoms with E-state index in [0.29, 0.717) is 11.3 Å². The van der Waals surface area contributed by atoms with Crippen molar-refractivity contribution in [2.45, 2.75) is 25.9 Å². The van der Waals surface area contributed by atoms with E-state index in [1.807, 2.05) is 0 Å². The predicted octanol–water partition coefficient (Wildman–Crippen LogP) is 2.20. The summed E-state index contributed by atoms with van der Waals surface area (Å²) in [6, 6.07) is 1.54. The molecule has 0 radical (unpaired) electrons. The average Bonchev–Trinajstić information content (AvgIpc) is 2.38. The summed E-state index contributed by atoms with van der Waals surface area (Å²) in [6.07, 6.45) is -2.83. The van der Waals surface area contributed by atoms with Crippen molar-refractivity contribution in [3.8, 4) is 0 Å². The molecule has 0 spiro atoms. The van der Waals surface area contributed by atoms with E-state index >= 15 is 0 Å². The van der Waals surface area contributed by atoms with Crippen LogP contribution in [0.4, 0.5) is 13.2 Å². The van der Waals surface area contributed by atoms with Crippen molar-refractivity contribution in [1.29, 1.82) is 0 Å². The maximum Gasteiger partial charge on any atom is 0.391 e. The lowest BCUT2D eigenvalue weighted by molar-refractivity contribution is -0.183. The summed E-state index contributed by atoms with van der Waals surface area (Å²) >= 11 is 0. The SMILES string of the molecule is Cc1nnccc1C(=O)N1CCC(C(F)(F)F)CC1. The number of nitrogens with zero attached hydrogens (tertiary/aromatic N) is 3. The van der Waals surface area contributed by atoms with Gasteiger partial charge in [-0.2, -0.15) is 23.4 Å². The number of rotatable bonds is 1. The molecule has 0 atom stereocenters. The quantitative estimate of drug-likeness (QED) is 0.788. The van der Waals surface area contributed by atoms with Gasteiger partial charge in [-0.15, -0.1) is 0 Å². The number of aryl methyl sites for hydroxylation is 1. The third-order valence-electron chi connectivity index (χ3n) is 3.38. The van der Waals surface area contributed by atoms with Crippen LogP contribution in [0, 0.1) is 12.8 Å². The van der Waals surface area contributed by atoms with Crippen LogP contribution in [0.1, 0.15) is 28.9 Å². The highest BCUT2D eigenvalue weighted by Gasteiger charge is 2.41. The molecular formula is C12H14F3N3O. The molecule has 0 bridgehead atoms. The fraction of sp³-hybridized carbons (Fsp3) is 0.583. The lowest BCUT2D eigenvalue weighted by atomic mass is 9.96. The van der Waals surface area contributed by atoms with E-state index in [0.717, 1.165) is 0 Å². The highest BCUT2D eigenvalue weighted by atomic mass is 19.4. The number of halogens is 3. The number of carbonyl (C=O) groups is 1. The van der Waals surface area contributed by atoms with E-state index in [1.54, 1.807) is 13.0 Å². The zero-order valence-corrected chi connectivity index (χ0v) is 10.4. The molecule has 1 fully saturated rings. The van der Waals surface area contributed by atoms with E-state index in [1.165, 1.54) is 11.1 Å². The van der Waals surface area contributed by atoms with Crippen LogP contribution in [0.3, 0.4) is 0 Å². The van der Waals surface area contributed by atoms with Crippen molar-refractivity contribution in [2.24, 2.45) is 5.92 Å². The first kappa shape index (κ1) is 13.8. The molecule has 19 heavy (non-hydrogen) atoms. The van der Waals surface area contributed by atoms with Gasteiger partial charge in [-0.25, -0.2) is 0 Å². The van der Waals surface area contributed by atoms with Crippen molar-refractivity contribution in [2.75, 3.05) is 13.1 Å². The highest BCUT2D eigenvalue weighted by Crippen LogP contribution is 2.34. The predicted molar refractivity (Wildman–Crippen MR) is 61.5 cm³/mol. The van der Waals surface area contributed by atoms with Crippen LogP contribution in [0.15, 0.2) is 12.3 Å². The van der Waals surface area contributed by atoms with E-state index < -0.39 is 12.1 Å². The molecule has 2 rings (SSSR count). The Hall–Kier alpha value is -1.66. The number of carbonyl (C=O) groups excluding carboxylic acids is 1. The molecule has 1 aromatic heterocycles. The van der Waals surface area contributed by atoms with Crippen LogP contribution in [-0.4, -0.2) is 40.3 Å². The van der Waals surface area contributed by atoms with E-state index in [-0.39, 0.29) is 31.8 Å². The van der Waals surface area contributed by atoms with Gasteiger partial charge in [-0.1, -0.05) is 0 Å². The normalized spacial score (nSPS) is 17.6. The van der Waals surface area contributed by atoms with Crippen LogP contribution in [0.5, 0.6) is 0 Å². The Morgan fingerprint density at radius 2 is 2.00 bits per heavy atom. The molecular weight excluding hydrogens is 259 g/mol. The first-order chi connectivity index (χ1) is 8.89. The standard InChI is InChI=1S/C12H14F3N3O/c1-8-10(2-5-16-17-8)11(19)18-6-3-9(4-7-18)12(13,14)15/h2,5,9H,3-4,6-7H2,1H3. The summed E-state index contributed by atoms with van der Waals surface area (Å²) in [6.45, 7) is 1.91. The second-order valence-electron chi connectivity index (χ2n) is 4.64. The van der Waals surface area contributed by atoms with Crippen molar-refractivity contribution < 1.29 is 18.0 Å². The van der Waals surface area contributed by atoms with Crippen molar-refractivity contribution >= 4 is 5.91 Å². The minimum Gasteiger partial charge on any atom is -0.339 e. The van der Waals surface area contributed by atoms with Gasteiger partial charge < -0.3 is 4.90 Å². The fourth-order valence-electron chi connectivity index (χ4n) is 2.21. The number of piperidine rings is 1. The van der Waals surface area contributed by atoms with Crippen LogP contribution in [0.2, 0.25) is 0 Å². The largest absolute Gasteiger partial charge is 0.391 e. The Morgan fingerprint density at radius 1 is 1.37 bits per heavy atom. The Labute approximate surface area is 108 Å². The molecule has 1 aromatic rings. The summed E-state index contributed by atoms with van der Waals surface area (Å²) in [7, 11) is 0. The van der Waals surface area contributed by atoms with Crippen molar-refractivity contribution in [3.05, 3.63) is 23.5 Å². The van der Waals surface area contributed by atoms with Crippen LogP contribution >= 0.6 is 0 Å². The number of likely N-dealkylation sites (tertiary alicyclic amines) is 1. The second kappa shape index (κ2) is 5.14. The molecule has 1 saturated heterocycles. The molecule has 7 heteroatoms. The van der Waals surface area contributed by atoms with Gasteiger partial charge in [0, 0.05) is 13.1 Å². The number of alkyl halides is 3. The summed E-state index contributed by atoms with van der Waals surface area (Å²) < 4.78 is 37.6. The van der Waals surface area contributed by atoms with Crippen LogP contribution in [-0.2, 0) is 0 Å². The van der Waals surface area contributed by atoms with Gasteiger partial charge in [0.2, 0.25) is 0 Å². The zero-order chi connectivity index (χ0) is 14.0. The first-order valence-electron chi connectivity index (χ1n) is 6.04. The first-order valence-corrected chi connectivity index (χ1v) is 6.04. The minimum absolute atomic E-state index is 0.0349. The summed E-state index contributed by atoms with van der Waals surface area (Å²) in [4.78, 5) is 13.6. The number of hydrogen-bond donors (Lipinski definition) is 0. The van der Waals surface area contributed by atoms with Crippen molar-refractivity contribution in [3.63, 3.8) is 0 Å². The number of amides is 1. The fourth-order valence-corrected chi connectivity index (χ4v) is 2.21. The Balaban J connectivity index is 2.03. The molecule has 104 valence electrons. The molecule has 1 aliphatic rings. The Bertz CT molecular complexity index is 468. The molecule has 0 unspecified atom stereocenters. The average molecular weight is 273 g/mol. The maximum absolute atomic E-state index is 12.5. The smallest absolute Gasteiger partial charge is 0.339 e. The molecule has 0 N–H and O–H groups in total. The lowest BCUT2D eigenvalue weighted by Crippen LogP contribution is -2.42. The van der Waals surface area contributed by atoms with E-state index in [4.69, 9.17) is 0 Å². The van der Waals surface area contributed by atoms with Crippen LogP contribution in [0.25, 0.3) is 0 Å². The van der Waals surface area contributed by atoms with Gasteiger partial charge in [0.05, 0.1) is 23.4 Å². The topological polar surface area (TPSA) is 46.1 Å². The molecule has 4 nitrogen and oxygen atoms in total. The lowest BCUT2D eigenvalue weighted by Gasteiger charge is -2.33. The Morgan fingerprint density at radius 3 is 2.53 bits per heavy atom. The Kier molecular flexibility index (Phi) is 3.73. The minimum atomic E-state index is -4.16. The van der Waals surface area contributed by atoms with Gasteiger partial charge in [-0.3, -0.25) is 4.79 Å². The van der Waals surface area contributed by atoms with Crippen molar-refractivity contribution in [1.82, 2.24) is 15.1 Å². The molecule has 1 aliphatic heterocycles. The summed E-state index contributed by atoms with van der Waals surface area (Å²) in [5, 5.41) is 7.42. The van der Waals surface area contributed by atoms with Gasteiger partial charge in [0.1, 0.15) is 0 Å².